The summed E-state index contributed by atoms with van der Waals surface area (Å²) in [4.78, 5) is 16.0. The molecule has 0 atom stereocenters. The fraction of sp³-hybridized carbons (Fsp3) is 0.273. The van der Waals surface area contributed by atoms with Crippen LogP contribution in [0.2, 0.25) is 0 Å². The van der Waals surface area contributed by atoms with Crippen molar-refractivity contribution < 1.29 is 9.90 Å². The van der Waals surface area contributed by atoms with Gasteiger partial charge in [-0.3, -0.25) is 0 Å². The number of carbonyl (C=O) groups is 1. The summed E-state index contributed by atoms with van der Waals surface area (Å²) in [5.74, 6) is 1.17. The summed E-state index contributed by atoms with van der Waals surface area (Å²) < 4.78 is 1.90. The minimum Gasteiger partial charge on any atom is -0.478 e. The van der Waals surface area contributed by atoms with Crippen LogP contribution in [0.1, 0.15) is 47.8 Å². The third-order valence-electron chi connectivity index (χ3n) is 4.57. The molecule has 0 radical (unpaired) electrons. The Hall–Kier alpha value is -2.86. The smallest absolute Gasteiger partial charge is 0.336 e. The highest BCUT2D eigenvalue weighted by Gasteiger charge is 2.12. The minimum absolute atomic E-state index is 0.299. The van der Waals surface area contributed by atoms with E-state index in [0.717, 1.165) is 29.8 Å². The van der Waals surface area contributed by atoms with Crippen LogP contribution in [0.25, 0.3) is 11.1 Å². The molecule has 0 bridgehead atoms. The van der Waals surface area contributed by atoms with E-state index in [1.54, 1.807) is 12.1 Å². The summed E-state index contributed by atoms with van der Waals surface area (Å²) >= 11 is 4.98. The molecule has 0 aliphatic heterocycles. The van der Waals surface area contributed by atoms with E-state index in [4.69, 9.17) is 12.2 Å². The second-order valence-electron chi connectivity index (χ2n) is 7.14. The van der Waals surface area contributed by atoms with Crippen LogP contribution in [0.15, 0.2) is 48.5 Å². The Morgan fingerprint density at radius 1 is 1.18 bits per heavy atom. The van der Waals surface area contributed by atoms with Crippen molar-refractivity contribution in [1.82, 2.24) is 14.8 Å². The van der Waals surface area contributed by atoms with E-state index in [9.17, 15) is 9.90 Å². The Bertz CT molecular complexity index is 978. The number of carboxylic acids is 1. The first-order valence-corrected chi connectivity index (χ1v) is 9.75. The summed E-state index contributed by atoms with van der Waals surface area (Å²) in [6, 6.07) is 14.9. The second-order valence-corrected chi connectivity index (χ2v) is 7.38. The highest BCUT2D eigenvalue weighted by atomic mass is 32.1. The Labute approximate surface area is 170 Å². The first-order valence-electron chi connectivity index (χ1n) is 9.28. The Kier molecular flexibility index (Phi) is 6.31. The van der Waals surface area contributed by atoms with Crippen LogP contribution < -0.4 is 0 Å². The molecule has 0 saturated carbocycles. The van der Waals surface area contributed by atoms with Crippen LogP contribution in [-0.2, 0) is 13.0 Å². The highest BCUT2D eigenvalue weighted by Crippen LogP contribution is 2.24. The standard InChI is InChI=1S/C22H23N3O2S/c1-15(2)7-12-21-23-20(14-28)24-25(21)13-16-8-10-17(11-9-16)18-5-3-4-6-19(18)22(26)27/h3-6,8-11,14-15H,7,12-13H2,1-2H3,(H,26,27). The topological polar surface area (TPSA) is 68.0 Å². The van der Waals surface area contributed by atoms with Crippen LogP contribution in [0, 0.1) is 5.92 Å². The fourth-order valence-corrected chi connectivity index (χ4v) is 3.16. The molecule has 0 amide bonds. The SMILES string of the molecule is CC(C)CCc1nc(C=S)nn1Cc1ccc(-c2ccccc2C(=O)O)cc1. The van der Waals surface area contributed by atoms with Gasteiger partial charge in [-0.2, -0.15) is 5.10 Å². The number of aryl methyl sites for hydroxylation is 1. The average Bonchev–Trinajstić information content (AvgIpc) is 3.09. The van der Waals surface area contributed by atoms with E-state index < -0.39 is 5.97 Å². The number of hydrogen-bond donors (Lipinski definition) is 1. The molecule has 2 aromatic carbocycles. The lowest BCUT2D eigenvalue weighted by Crippen LogP contribution is -2.08. The molecule has 144 valence electrons. The maximum absolute atomic E-state index is 11.5. The van der Waals surface area contributed by atoms with Crippen LogP contribution in [-0.4, -0.2) is 31.2 Å². The number of thiocarbonyl (C=S) groups is 1. The van der Waals surface area contributed by atoms with Crippen LogP contribution >= 0.6 is 12.2 Å². The van der Waals surface area contributed by atoms with E-state index in [2.05, 4.69) is 23.9 Å². The summed E-state index contributed by atoms with van der Waals surface area (Å²) in [5, 5.41) is 15.4. The van der Waals surface area contributed by atoms with Gasteiger partial charge in [-0.25, -0.2) is 14.5 Å². The fourth-order valence-electron chi connectivity index (χ4n) is 3.06. The monoisotopic (exact) mass is 393 g/mol. The quantitative estimate of drug-likeness (QED) is 0.565. The summed E-state index contributed by atoms with van der Waals surface area (Å²) in [7, 11) is 0. The predicted octanol–water partition coefficient (Wildman–Crippen LogP) is 4.63. The average molecular weight is 394 g/mol. The number of carboxylic acid groups (broad SMARTS) is 1. The molecule has 0 saturated heterocycles. The first kappa shape index (κ1) is 19.9. The van der Waals surface area contributed by atoms with E-state index in [-0.39, 0.29) is 0 Å². The lowest BCUT2D eigenvalue weighted by atomic mass is 9.99. The van der Waals surface area contributed by atoms with Crippen molar-refractivity contribution in [3.05, 3.63) is 71.3 Å². The molecule has 1 aromatic heterocycles. The van der Waals surface area contributed by atoms with Crippen molar-refractivity contribution in [2.45, 2.75) is 33.2 Å². The van der Waals surface area contributed by atoms with Crippen molar-refractivity contribution in [2.75, 3.05) is 0 Å². The third kappa shape index (κ3) is 4.70. The minimum atomic E-state index is -0.926. The molecule has 0 spiro atoms. The van der Waals surface area contributed by atoms with Gasteiger partial charge >= 0.3 is 5.97 Å². The van der Waals surface area contributed by atoms with E-state index in [1.165, 1.54) is 5.37 Å². The molecule has 28 heavy (non-hydrogen) atoms. The maximum Gasteiger partial charge on any atom is 0.336 e. The molecule has 0 aliphatic rings. The molecule has 1 heterocycles. The third-order valence-corrected chi connectivity index (χ3v) is 4.78. The molecular weight excluding hydrogens is 370 g/mol. The number of aromatic carboxylic acids is 1. The largest absolute Gasteiger partial charge is 0.478 e. The van der Waals surface area contributed by atoms with E-state index in [0.29, 0.717) is 29.4 Å². The predicted molar refractivity (Wildman–Crippen MR) is 114 cm³/mol. The van der Waals surface area contributed by atoms with Gasteiger partial charge in [0, 0.05) is 11.8 Å². The van der Waals surface area contributed by atoms with Gasteiger partial charge in [0.2, 0.25) is 0 Å². The lowest BCUT2D eigenvalue weighted by molar-refractivity contribution is 0.0697. The van der Waals surface area contributed by atoms with Crippen molar-refractivity contribution in [3.63, 3.8) is 0 Å². The van der Waals surface area contributed by atoms with Crippen LogP contribution in [0.5, 0.6) is 0 Å². The second kappa shape index (κ2) is 8.89. The van der Waals surface area contributed by atoms with Gasteiger partial charge in [-0.05, 0) is 35.1 Å². The van der Waals surface area contributed by atoms with Crippen molar-refractivity contribution in [3.8, 4) is 11.1 Å². The van der Waals surface area contributed by atoms with Gasteiger partial charge in [0.25, 0.3) is 0 Å². The molecule has 6 heteroatoms. The van der Waals surface area contributed by atoms with Crippen molar-refractivity contribution >= 4 is 23.6 Å². The van der Waals surface area contributed by atoms with Gasteiger partial charge in [0.1, 0.15) is 5.82 Å². The van der Waals surface area contributed by atoms with E-state index in [1.807, 2.05) is 41.1 Å². The molecule has 0 unspecified atom stereocenters. The number of rotatable bonds is 8. The zero-order chi connectivity index (χ0) is 20.1. The Balaban J connectivity index is 1.83. The Morgan fingerprint density at radius 2 is 1.89 bits per heavy atom. The maximum atomic E-state index is 11.5. The van der Waals surface area contributed by atoms with Gasteiger partial charge in [-0.15, -0.1) is 0 Å². The number of aromatic nitrogens is 3. The molecule has 0 aliphatic carbocycles. The van der Waals surface area contributed by atoms with Crippen LogP contribution in [0.3, 0.4) is 0 Å². The molecule has 0 fully saturated rings. The molecule has 1 N–H and O–H groups in total. The van der Waals surface area contributed by atoms with E-state index >= 15 is 0 Å². The first-order chi connectivity index (χ1) is 13.5. The van der Waals surface area contributed by atoms with Crippen LogP contribution in [0.4, 0.5) is 0 Å². The van der Waals surface area contributed by atoms with Gasteiger partial charge in [0.05, 0.1) is 12.1 Å². The molecular formula is C22H23N3O2S. The number of nitrogens with zero attached hydrogens (tertiary/aromatic N) is 3. The lowest BCUT2D eigenvalue weighted by Gasteiger charge is -2.09. The number of hydrogen-bond acceptors (Lipinski definition) is 4. The molecule has 3 aromatic rings. The van der Waals surface area contributed by atoms with Gasteiger partial charge in [-0.1, -0.05) is 68.5 Å². The summed E-state index contributed by atoms with van der Waals surface area (Å²) in [6.45, 7) is 4.98. The van der Waals surface area contributed by atoms with Crippen molar-refractivity contribution in [2.24, 2.45) is 5.92 Å². The zero-order valence-electron chi connectivity index (χ0n) is 16.0. The highest BCUT2D eigenvalue weighted by molar-refractivity contribution is 7.79. The van der Waals surface area contributed by atoms with Gasteiger partial charge < -0.3 is 5.11 Å². The summed E-state index contributed by atoms with van der Waals surface area (Å²) in [5.41, 5.74) is 2.96. The Morgan fingerprint density at radius 3 is 2.54 bits per heavy atom. The summed E-state index contributed by atoms with van der Waals surface area (Å²) in [6.07, 6.45) is 1.90. The number of benzene rings is 2. The molecule has 5 nitrogen and oxygen atoms in total. The molecule has 3 rings (SSSR count). The van der Waals surface area contributed by atoms with Gasteiger partial charge in [0.15, 0.2) is 5.82 Å². The van der Waals surface area contributed by atoms with Crippen molar-refractivity contribution in [1.29, 1.82) is 0 Å². The normalized spacial score (nSPS) is 11.0. The zero-order valence-corrected chi connectivity index (χ0v) is 16.8.